The van der Waals surface area contributed by atoms with Gasteiger partial charge < -0.3 is 15.1 Å². The first-order valence-electron chi connectivity index (χ1n) is 7.38. The van der Waals surface area contributed by atoms with E-state index in [4.69, 9.17) is 0 Å². The molecule has 1 atom stereocenters. The number of rotatable bonds is 5. The van der Waals surface area contributed by atoms with Crippen LogP contribution in [0.15, 0.2) is 16.7 Å². The molecule has 0 aromatic carbocycles. The summed E-state index contributed by atoms with van der Waals surface area (Å²) in [5.41, 5.74) is 0.650. The van der Waals surface area contributed by atoms with E-state index in [0.717, 1.165) is 36.9 Å². The second-order valence-corrected chi connectivity index (χ2v) is 6.55. The number of nitrogens with one attached hydrogen (secondary N) is 1. The smallest absolute Gasteiger partial charge is 0.257 e. The van der Waals surface area contributed by atoms with Gasteiger partial charge in [-0.3, -0.25) is 4.79 Å². The number of anilines is 1. The number of likely N-dealkylation sites (tertiary alicyclic amines) is 1. The highest BCUT2D eigenvalue weighted by Gasteiger charge is 2.31. The van der Waals surface area contributed by atoms with Gasteiger partial charge in [0.25, 0.3) is 5.91 Å². The zero-order valence-corrected chi connectivity index (χ0v) is 14.5. The fraction of sp³-hybridized carbons (Fsp3) is 0.600. The third-order valence-corrected chi connectivity index (χ3v) is 4.08. The Balaban J connectivity index is 2.24. The van der Waals surface area contributed by atoms with Gasteiger partial charge in [-0.1, -0.05) is 0 Å². The minimum absolute atomic E-state index is 0.0732. The van der Waals surface area contributed by atoms with Gasteiger partial charge in [0.1, 0.15) is 5.82 Å². The number of likely N-dealkylation sites (N-methyl/N-ethyl adjacent to an activating group) is 1. The standard InChI is InChI=1S/C15H23BrN4O/c1-4-17-14-13(8-11(16)9-18-14)15(21)20-7-5-6-12(20)10-19(2)3/h8-9,12H,4-7,10H2,1-3H3,(H,17,18). The van der Waals surface area contributed by atoms with Crippen LogP contribution in [0.25, 0.3) is 0 Å². The Morgan fingerprint density at radius 2 is 2.33 bits per heavy atom. The van der Waals surface area contributed by atoms with E-state index in [1.165, 1.54) is 0 Å². The maximum Gasteiger partial charge on any atom is 0.257 e. The molecule has 1 amide bonds. The van der Waals surface area contributed by atoms with E-state index in [0.29, 0.717) is 17.4 Å². The molecule has 1 aliphatic heterocycles. The number of amides is 1. The van der Waals surface area contributed by atoms with Crippen molar-refractivity contribution in [2.24, 2.45) is 0 Å². The monoisotopic (exact) mass is 354 g/mol. The van der Waals surface area contributed by atoms with E-state index in [1.54, 1.807) is 6.20 Å². The van der Waals surface area contributed by atoms with E-state index < -0.39 is 0 Å². The van der Waals surface area contributed by atoms with Crippen LogP contribution < -0.4 is 5.32 Å². The summed E-state index contributed by atoms with van der Waals surface area (Å²) in [6.07, 6.45) is 3.86. The van der Waals surface area contributed by atoms with Gasteiger partial charge in [-0.05, 0) is 55.9 Å². The SMILES string of the molecule is CCNc1ncc(Br)cc1C(=O)N1CCCC1CN(C)C. The highest BCUT2D eigenvalue weighted by molar-refractivity contribution is 9.10. The van der Waals surface area contributed by atoms with Gasteiger partial charge in [0.15, 0.2) is 0 Å². The number of carbonyl (C=O) groups is 1. The van der Waals surface area contributed by atoms with E-state index in [1.807, 2.05) is 32.0 Å². The van der Waals surface area contributed by atoms with Crippen LogP contribution in [0.3, 0.4) is 0 Å². The van der Waals surface area contributed by atoms with Crippen LogP contribution in [-0.2, 0) is 0 Å². The molecule has 1 unspecified atom stereocenters. The quantitative estimate of drug-likeness (QED) is 0.882. The number of aromatic nitrogens is 1. The Morgan fingerprint density at radius 1 is 1.57 bits per heavy atom. The molecule has 1 saturated heterocycles. The van der Waals surface area contributed by atoms with Crippen molar-refractivity contribution in [3.05, 3.63) is 22.3 Å². The van der Waals surface area contributed by atoms with E-state index in [2.05, 4.69) is 31.1 Å². The molecule has 0 spiro atoms. The Kier molecular flexibility index (Phi) is 5.58. The van der Waals surface area contributed by atoms with Gasteiger partial charge in [-0.25, -0.2) is 4.98 Å². The van der Waals surface area contributed by atoms with Crippen molar-refractivity contribution in [3.63, 3.8) is 0 Å². The summed E-state index contributed by atoms with van der Waals surface area (Å²) >= 11 is 3.41. The molecular weight excluding hydrogens is 332 g/mol. The number of hydrogen-bond acceptors (Lipinski definition) is 4. The summed E-state index contributed by atoms with van der Waals surface area (Å²) in [5, 5.41) is 3.17. The first kappa shape index (κ1) is 16.2. The normalized spacial score (nSPS) is 18.3. The van der Waals surface area contributed by atoms with Gasteiger partial charge in [0.05, 0.1) is 5.56 Å². The number of halogens is 1. The van der Waals surface area contributed by atoms with Gasteiger partial charge >= 0.3 is 0 Å². The lowest BCUT2D eigenvalue weighted by Gasteiger charge is -2.27. The molecule has 6 heteroatoms. The second kappa shape index (κ2) is 7.22. The molecule has 5 nitrogen and oxygen atoms in total. The van der Waals surface area contributed by atoms with E-state index in [-0.39, 0.29) is 5.91 Å². The predicted octanol–water partition coefficient (Wildman–Crippen LogP) is 2.44. The van der Waals surface area contributed by atoms with E-state index in [9.17, 15) is 4.79 Å². The highest BCUT2D eigenvalue weighted by Crippen LogP contribution is 2.25. The molecule has 116 valence electrons. The highest BCUT2D eigenvalue weighted by atomic mass is 79.9. The Morgan fingerprint density at radius 3 is 3.00 bits per heavy atom. The van der Waals surface area contributed by atoms with Crippen LogP contribution >= 0.6 is 15.9 Å². The van der Waals surface area contributed by atoms with Crippen LogP contribution in [0, 0.1) is 0 Å². The lowest BCUT2D eigenvalue weighted by Crippen LogP contribution is -2.41. The molecule has 21 heavy (non-hydrogen) atoms. The van der Waals surface area contributed by atoms with Crippen molar-refractivity contribution in [2.75, 3.05) is 39.0 Å². The number of nitrogens with zero attached hydrogens (tertiary/aromatic N) is 3. The van der Waals surface area contributed by atoms with Crippen LogP contribution in [-0.4, -0.2) is 60.5 Å². The first-order valence-corrected chi connectivity index (χ1v) is 8.17. The maximum absolute atomic E-state index is 12.9. The molecule has 2 heterocycles. The average Bonchev–Trinajstić information content (AvgIpc) is 2.87. The average molecular weight is 355 g/mol. The number of carbonyl (C=O) groups excluding carboxylic acids is 1. The molecule has 1 N–H and O–H groups in total. The minimum Gasteiger partial charge on any atom is -0.370 e. The van der Waals surface area contributed by atoms with E-state index >= 15 is 0 Å². The van der Waals surface area contributed by atoms with Gasteiger partial charge in [0.2, 0.25) is 0 Å². The molecule has 0 saturated carbocycles. The summed E-state index contributed by atoms with van der Waals surface area (Å²) in [6.45, 7) is 4.48. The lowest BCUT2D eigenvalue weighted by atomic mass is 10.1. The molecule has 1 aliphatic rings. The predicted molar refractivity (Wildman–Crippen MR) is 88.7 cm³/mol. The summed E-state index contributed by atoms with van der Waals surface area (Å²) in [4.78, 5) is 21.4. The Labute approximate surface area is 134 Å². The zero-order chi connectivity index (χ0) is 15.4. The molecular formula is C15H23BrN4O. The number of hydrogen-bond donors (Lipinski definition) is 1. The van der Waals surface area contributed by atoms with Gasteiger partial charge in [-0.2, -0.15) is 0 Å². The van der Waals surface area contributed by atoms with Crippen molar-refractivity contribution in [1.82, 2.24) is 14.8 Å². The van der Waals surface area contributed by atoms with Crippen molar-refractivity contribution < 1.29 is 4.79 Å². The zero-order valence-electron chi connectivity index (χ0n) is 12.9. The van der Waals surface area contributed by atoms with Crippen molar-refractivity contribution in [1.29, 1.82) is 0 Å². The number of pyridine rings is 1. The minimum atomic E-state index is 0.0732. The van der Waals surface area contributed by atoms with Crippen LogP contribution in [0.5, 0.6) is 0 Å². The molecule has 1 aromatic rings. The summed E-state index contributed by atoms with van der Waals surface area (Å²) < 4.78 is 0.829. The van der Waals surface area contributed by atoms with Crippen LogP contribution in [0.2, 0.25) is 0 Å². The summed E-state index contributed by atoms with van der Waals surface area (Å²) in [7, 11) is 4.09. The third-order valence-electron chi connectivity index (χ3n) is 3.64. The van der Waals surface area contributed by atoms with Crippen molar-refractivity contribution in [3.8, 4) is 0 Å². The van der Waals surface area contributed by atoms with Gasteiger partial charge in [0, 0.05) is 36.3 Å². The first-order chi connectivity index (χ1) is 10.0. The second-order valence-electron chi connectivity index (χ2n) is 5.64. The Hall–Kier alpha value is -1.14. The fourth-order valence-electron chi connectivity index (χ4n) is 2.78. The maximum atomic E-state index is 12.9. The van der Waals surface area contributed by atoms with Crippen LogP contribution in [0.4, 0.5) is 5.82 Å². The van der Waals surface area contributed by atoms with Crippen LogP contribution in [0.1, 0.15) is 30.1 Å². The molecule has 0 bridgehead atoms. The van der Waals surface area contributed by atoms with Crippen molar-refractivity contribution >= 4 is 27.7 Å². The fourth-order valence-corrected chi connectivity index (χ4v) is 3.11. The molecule has 2 rings (SSSR count). The lowest BCUT2D eigenvalue weighted by molar-refractivity contribution is 0.0717. The van der Waals surface area contributed by atoms with Crippen molar-refractivity contribution in [2.45, 2.75) is 25.8 Å². The molecule has 0 aliphatic carbocycles. The topological polar surface area (TPSA) is 48.5 Å². The summed E-state index contributed by atoms with van der Waals surface area (Å²) in [5.74, 6) is 0.741. The molecule has 1 fully saturated rings. The molecule has 1 aromatic heterocycles. The van der Waals surface area contributed by atoms with Gasteiger partial charge in [-0.15, -0.1) is 0 Å². The summed E-state index contributed by atoms with van der Waals surface area (Å²) in [6, 6.07) is 2.15. The Bertz CT molecular complexity index is 506. The largest absolute Gasteiger partial charge is 0.370 e. The third kappa shape index (κ3) is 3.95. The molecule has 0 radical (unpaired) electrons.